The number of methoxy groups -OCH3 is 2. The van der Waals surface area contributed by atoms with Gasteiger partial charge in [0, 0.05) is 17.7 Å². The van der Waals surface area contributed by atoms with Crippen molar-refractivity contribution in [3.05, 3.63) is 48.5 Å². The number of carbonyl (C=O) groups is 1. The zero-order valence-corrected chi connectivity index (χ0v) is 16.3. The van der Waals surface area contributed by atoms with Crippen LogP contribution in [-0.2, 0) is 9.53 Å². The second-order valence-electron chi connectivity index (χ2n) is 6.13. The molecule has 0 spiro atoms. The van der Waals surface area contributed by atoms with Crippen molar-refractivity contribution >= 4 is 17.7 Å². The Balaban J connectivity index is 1.80. The van der Waals surface area contributed by atoms with Crippen LogP contribution in [-0.4, -0.2) is 46.8 Å². The maximum absolute atomic E-state index is 11.9. The lowest BCUT2D eigenvalue weighted by Gasteiger charge is -2.12. The molecule has 0 amide bonds. The Kier molecular flexibility index (Phi) is 5.21. The van der Waals surface area contributed by atoms with E-state index in [1.807, 2.05) is 53.1 Å². The van der Waals surface area contributed by atoms with Gasteiger partial charge in [-0.3, -0.25) is 9.36 Å². The Morgan fingerprint density at radius 3 is 2.54 bits per heavy atom. The molecule has 1 aromatic heterocycles. The van der Waals surface area contributed by atoms with Gasteiger partial charge in [0.05, 0.1) is 20.8 Å². The van der Waals surface area contributed by atoms with Crippen molar-refractivity contribution in [2.75, 3.05) is 20.8 Å². The van der Waals surface area contributed by atoms with Crippen LogP contribution in [0.15, 0.2) is 53.7 Å². The Bertz CT molecular complexity index is 987. The zero-order valence-electron chi connectivity index (χ0n) is 15.5. The lowest BCUT2D eigenvalue weighted by molar-refractivity contribution is -0.137. The Labute approximate surface area is 166 Å². The van der Waals surface area contributed by atoms with Gasteiger partial charge in [-0.2, -0.15) is 0 Å². The molecule has 7 nitrogen and oxygen atoms in total. The standard InChI is InChI=1S/C20H19N3O4S/c1-25-15-8-6-14(7-9-15)23-18(13-4-3-5-16(12-13)26-2)21-22-20(23)28-17-10-11-27-19(17)24/h3-9,12,17H,10-11H2,1-2H3/t17-/m0/s1. The molecule has 144 valence electrons. The van der Waals surface area contributed by atoms with Crippen LogP contribution in [0.25, 0.3) is 17.1 Å². The van der Waals surface area contributed by atoms with Crippen molar-refractivity contribution < 1.29 is 19.0 Å². The van der Waals surface area contributed by atoms with Crippen LogP contribution in [0.3, 0.4) is 0 Å². The van der Waals surface area contributed by atoms with Gasteiger partial charge in [-0.15, -0.1) is 10.2 Å². The van der Waals surface area contributed by atoms with Gasteiger partial charge in [-0.25, -0.2) is 0 Å². The first-order valence-electron chi connectivity index (χ1n) is 8.77. The molecule has 1 aliphatic heterocycles. The first-order chi connectivity index (χ1) is 13.7. The molecule has 2 aromatic carbocycles. The fourth-order valence-corrected chi connectivity index (χ4v) is 3.99. The molecular formula is C20H19N3O4S. The number of hydrogen-bond acceptors (Lipinski definition) is 7. The third kappa shape index (κ3) is 3.55. The minimum Gasteiger partial charge on any atom is -0.497 e. The minimum absolute atomic E-state index is 0.211. The summed E-state index contributed by atoms with van der Waals surface area (Å²) in [6.07, 6.45) is 0.660. The van der Waals surface area contributed by atoms with Crippen LogP contribution in [0, 0.1) is 0 Å². The highest BCUT2D eigenvalue weighted by molar-refractivity contribution is 8.00. The van der Waals surface area contributed by atoms with Crippen LogP contribution in [0.1, 0.15) is 6.42 Å². The van der Waals surface area contributed by atoms with E-state index in [9.17, 15) is 4.79 Å². The number of carbonyl (C=O) groups excluding carboxylic acids is 1. The number of rotatable bonds is 6. The number of cyclic esters (lactones) is 1. The summed E-state index contributed by atoms with van der Waals surface area (Å²) in [6.45, 7) is 0.440. The van der Waals surface area contributed by atoms with Gasteiger partial charge in [0.2, 0.25) is 0 Å². The second kappa shape index (κ2) is 7.93. The lowest BCUT2D eigenvalue weighted by Crippen LogP contribution is -2.11. The van der Waals surface area contributed by atoms with Crippen molar-refractivity contribution in [3.63, 3.8) is 0 Å². The third-order valence-corrected chi connectivity index (χ3v) is 5.61. The molecular weight excluding hydrogens is 378 g/mol. The SMILES string of the molecule is COc1ccc(-n2c(S[C@H]3CCOC3=O)nnc2-c2cccc(OC)c2)cc1. The van der Waals surface area contributed by atoms with E-state index in [4.69, 9.17) is 14.2 Å². The number of aromatic nitrogens is 3. The molecule has 1 fully saturated rings. The van der Waals surface area contributed by atoms with Crippen molar-refractivity contribution in [2.24, 2.45) is 0 Å². The molecule has 0 aliphatic carbocycles. The average Bonchev–Trinajstić information content (AvgIpc) is 3.35. The summed E-state index contributed by atoms with van der Waals surface area (Å²) in [6, 6.07) is 15.3. The van der Waals surface area contributed by atoms with Crippen LogP contribution >= 0.6 is 11.8 Å². The van der Waals surface area contributed by atoms with Gasteiger partial charge in [0.25, 0.3) is 0 Å². The van der Waals surface area contributed by atoms with Gasteiger partial charge < -0.3 is 14.2 Å². The van der Waals surface area contributed by atoms with E-state index in [1.165, 1.54) is 11.8 Å². The summed E-state index contributed by atoms with van der Waals surface area (Å²) < 4.78 is 17.6. The van der Waals surface area contributed by atoms with Crippen LogP contribution < -0.4 is 9.47 Å². The highest BCUT2D eigenvalue weighted by atomic mass is 32.2. The molecule has 3 aromatic rings. The summed E-state index contributed by atoms with van der Waals surface area (Å²) >= 11 is 1.37. The number of thioether (sulfide) groups is 1. The number of esters is 1. The maximum Gasteiger partial charge on any atom is 0.319 e. The Morgan fingerprint density at radius 1 is 1.07 bits per heavy atom. The normalized spacial score (nSPS) is 16.1. The van der Waals surface area contributed by atoms with Crippen molar-refractivity contribution in [1.82, 2.24) is 14.8 Å². The number of hydrogen-bond donors (Lipinski definition) is 0. The van der Waals surface area contributed by atoms with E-state index in [0.29, 0.717) is 24.0 Å². The zero-order chi connectivity index (χ0) is 19.5. The Morgan fingerprint density at radius 2 is 1.86 bits per heavy atom. The van der Waals surface area contributed by atoms with E-state index in [0.717, 1.165) is 22.7 Å². The van der Waals surface area contributed by atoms with Gasteiger partial charge in [-0.05, 0) is 36.4 Å². The van der Waals surface area contributed by atoms with Crippen molar-refractivity contribution in [3.8, 4) is 28.6 Å². The quantitative estimate of drug-likeness (QED) is 0.590. The molecule has 0 radical (unpaired) electrons. The van der Waals surface area contributed by atoms with Gasteiger partial charge in [0.1, 0.15) is 16.7 Å². The molecule has 2 heterocycles. The smallest absolute Gasteiger partial charge is 0.319 e. The van der Waals surface area contributed by atoms with Gasteiger partial charge >= 0.3 is 5.97 Å². The largest absolute Gasteiger partial charge is 0.497 e. The number of nitrogens with zero attached hydrogens (tertiary/aromatic N) is 3. The number of benzene rings is 2. The maximum atomic E-state index is 11.9. The highest BCUT2D eigenvalue weighted by Crippen LogP contribution is 2.34. The highest BCUT2D eigenvalue weighted by Gasteiger charge is 2.30. The molecule has 0 unspecified atom stereocenters. The predicted molar refractivity (Wildman–Crippen MR) is 105 cm³/mol. The van der Waals surface area contributed by atoms with Crippen LogP contribution in [0.2, 0.25) is 0 Å². The molecule has 0 saturated carbocycles. The third-order valence-electron chi connectivity index (χ3n) is 4.43. The topological polar surface area (TPSA) is 75.5 Å². The summed E-state index contributed by atoms with van der Waals surface area (Å²) in [5.41, 5.74) is 1.74. The van der Waals surface area contributed by atoms with Crippen LogP contribution in [0.4, 0.5) is 0 Å². The molecule has 28 heavy (non-hydrogen) atoms. The average molecular weight is 397 g/mol. The van der Waals surface area contributed by atoms with E-state index in [1.54, 1.807) is 14.2 Å². The van der Waals surface area contributed by atoms with Crippen LogP contribution in [0.5, 0.6) is 11.5 Å². The van der Waals surface area contributed by atoms with E-state index in [2.05, 4.69) is 10.2 Å². The summed E-state index contributed by atoms with van der Waals surface area (Å²) in [5, 5.41) is 9.12. The van der Waals surface area contributed by atoms with E-state index < -0.39 is 0 Å². The van der Waals surface area contributed by atoms with Crippen molar-refractivity contribution in [2.45, 2.75) is 16.8 Å². The molecule has 4 rings (SSSR count). The molecule has 0 bridgehead atoms. The van der Waals surface area contributed by atoms with Gasteiger partial charge in [-0.1, -0.05) is 23.9 Å². The number of ether oxygens (including phenoxy) is 3. The molecule has 8 heteroatoms. The monoisotopic (exact) mass is 397 g/mol. The molecule has 1 saturated heterocycles. The van der Waals surface area contributed by atoms with E-state index >= 15 is 0 Å². The first kappa shape index (κ1) is 18.4. The first-order valence-corrected chi connectivity index (χ1v) is 9.65. The fraction of sp³-hybridized carbons (Fsp3) is 0.250. The molecule has 1 atom stereocenters. The second-order valence-corrected chi connectivity index (χ2v) is 7.30. The Hall–Kier alpha value is -3.00. The molecule has 1 aliphatic rings. The lowest BCUT2D eigenvalue weighted by atomic mass is 10.2. The summed E-state index contributed by atoms with van der Waals surface area (Å²) in [7, 11) is 3.25. The minimum atomic E-state index is -0.278. The predicted octanol–water partition coefficient (Wildman–Crippen LogP) is 3.36. The van der Waals surface area contributed by atoms with E-state index in [-0.39, 0.29) is 11.2 Å². The summed E-state index contributed by atoms with van der Waals surface area (Å²) in [5.74, 6) is 1.94. The summed E-state index contributed by atoms with van der Waals surface area (Å²) in [4.78, 5) is 11.9. The molecule has 0 N–H and O–H groups in total. The fourth-order valence-electron chi connectivity index (χ4n) is 2.97. The van der Waals surface area contributed by atoms with Gasteiger partial charge in [0.15, 0.2) is 11.0 Å². The van der Waals surface area contributed by atoms with Crippen molar-refractivity contribution in [1.29, 1.82) is 0 Å².